The van der Waals surface area contributed by atoms with Crippen molar-refractivity contribution in [2.75, 3.05) is 24.5 Å². The molecule has 1 amide bonds. The molecule has 0 aliphatic carbocycles. The van der Waals surface area contributed by atoms with E-state index in [9.17, 15) is 19.7 Å². The summed E-state index contributed by atoms with van der Waals surface area (Å²) >= 11 is 0. The first-order valence-corrected chi connectivity index (χ1v) is 9.35. The average Bonchev–Trinajstić information content (AvgIpc) is 2.66. The fraction of sp³-hybridized carbons (Fsp3) is 0.579. The van der Waals surface area contributed by atoms with Gasteiger partial charge >= 0.3 is 5.97 Å². The third-order valence-corrected chi connectivity index (χ3v) is 4.73. The second-order valence-corrected chi connectivity index (χ2v) is 6.97. The van der Waals surface area contributed by atoms with Gasteiger partial charge in [0.2, 0.25) is 0 Å². The number of nitro groups is 1. The van der Waals surface area contributed by atoms with Gasteiger partial charge in [0.25, 0.3) is 11.6 Å². The van der Waals surface area contributed by atoms with Crippen LogP contribution in [0, 0.1) is 16.0 Å². The van der Waals surface area contributed by atoms with E-state index in [1.165, 1.54) is 19.1 Å². The van der Waals surface area contributed by atoms with Crippen LogP contribution < -0.4 is 10.2 Å². The third-order valence-electron chi connectivity index (χ3n) is 4.73. The number of hydrogen-bond acceptors (Lipinski definition) is 6. The Morgan fingerprint density at radius 2 is 2.04 bits per heavy atom. The zero-order valence-electron chi connectivity index (χ0n) is 16.1. The zero-order valence-corrected chi connectivity index (χ0v) is 16.1. The van der Waals surface area contributed by atoms with Gasteiger partial charge in [0.15, 0.2) is 6.10 Å². The highest BCUT2D eigenvalue weighted by Gasteiger charge is 2.26. The van der Waals surface area contributed by atoms with Crippen molar-refractivity contribution < 1.29 is 19.2 Å². The summed E-state index contributed by atoms with van der Waals surface area (Å²) in [5, 5.41) is 14.2. The molecule has 2 rings (SSSR count). The van der Waals surface area contributed by atoms with Gasteiger partial charge in [-0.1, -0.05) is 13.8 Å². The number of nitro benzene ring substituents is 1. The minimum Gasteiger partial charge on any atom is -0.449 e. The number of esters is 1. The number of anilines is 1. The summed E-state index contributed by atoms with van der Waals surface area (Å²) < 4.78 is 5.14. The number of amides is 1. The van der Waals surface area contributed by atoms with Gasteiger partial charge in [-0.2, -0.15) is 0 Å². The van der Waals surface area contributed by atoms with E-state index >= 15 is 0 Å². The van der Waals surface area contributed by atoms with Crippen molar-refractivity contribution in [3.63, 3.8) is 0 Å². The molecule has 8 nitrogen and oxygen atoms in total. The van der Waals surface area contributed by atoms with Crippen LogP contribution in [0.3, 0.4) is 0 Å². The van der Waals surface area contributed by atoms with Gasteiger partial charge in [0, 0.05) is 25.7 Å². The minimum atomic E-state index is -0.966. The monoisotopic (exact) mass is 377 g/mol. The Hall–Kier alpha value is -2.64. The summed E-state index contributed by atoms with van der Waals surface area (Å²) in [5.41, 5.74) is 0.449. The molecule has 1 saturated heterocycles. The van der Waals surface area contributed by atoms with Gasteiger partial charge in [-0.25, -0.2) is 4.79 Å². The first-order valence-electron chi connectivity index (χ1n) is 9.35. The zero-order chi connectivity index (χ0) is 20.0. The van der Waals surface area contributed by atoms with E-state index < -0.39 is 22.9 Å². The molecule has 0 radical (unpaired) electrons. The minimum absolute atomic E-state index is 0.0611. The maximum absolute atomic E-state index is 12.3. The van der Waals surface area contributed by atoms with Crippen LogP contribution in [-0.2, 0) is 9.53 Å². The molecule has 0 spiro atoms. The molecule has 0 aromatic heterocycles. The van der Waals surface area contributed by atoms with Crippen LogP contribution in [0.1, 0.15) is 50.4 Å². The first-order chi connectivity index (χ1) is 12.8. The number of benzene rings is 1. The molecule has 0 saturated carbocycles. The molecular formula is C19H27N3O5. The van der Waals surface area contributed by atoms with Crippen LogP contribution in [-0.4, -0.2) is 42.5 Å². The molecule has 8 heteroatoms. The summed E-state index contributed by atoms with van der Waals surface area (Å²) in [4.78, 5) is 37.1. The molecular weight excluding hydrogens is 350 g/mol. The number of ether oxygens (including phenoxy) is 1. The standard InChI is InChI=1S/C19H27N3O5/c1-4-9-20-18(23)14(3)27-19(24)15-5-6-16(17(12-15)22(25)26)21-10-7-13(2)8-11-21/h5-6,12-14H,4,7-11H2,1-3H3,(H,20,23)/t14-/m1/s1. The van der Waals surface area contributed by atoms with E-state index in [2.05, 4.69) is 12.2 Å². The third kappa shape index (κ3) is 5.42. The van der Waals surface area contributed by atoms with Crippen LogP contribution in [0.4, 0.5) is 11.4 Å². The second kappa shape index (κ2) is 9.34. The van der Waals surface area contributed by atoms with Gasteiger partial charge in [0.05, 0.1) is 10.5 Å². The number of nitrogens with zero attached hydrogens (tertiary/aromatic N) is 2. The predicted molar refractivity (Wildman–Crippen MR) is 102 cm³/mol. The number of nitrogens with one attached hydrogen (secondary N) is 1. The largest absolute Gasteiger partial charge is 0.449 e. The Morgan fingerprint density at radius 1 is 1.37 bits per heavy atom. The number of hydrogen-bond donors (Lipinski definition) is 1. The molecule has 1 aliphatic heterocycles. The van der Waals surface area contributed by atoms with Crippen molar-refractivity contribution in [1.29, 1.82) is 0 Å². The van der Waals surface area contributed by atoms with Gasteiger partial charge in [-0.3, -0.25) is 14.9 Å². The summed E-state index contributed by atoms with van der Waals surface area (Å²) in [7, 11) is 0. The van der Waals surface area contributed by atoms with Crippen molar-refractivity contribution in [1.82, 2.24) is 5.32 Å². The molecule has 27 heavy (non-hydrogen) atoms. The summed E-state index contributed by atoms with van der Waals surface area (Å²) in [5.74, 6) is -0.537. The summed E-state index contributed by atoms with van der Waals surface area (Å²) in [6, 6.07) is 4.33. The Labute approximate surface area is 159 Å². The van der Waals surface area contributed by atoms with Crippen molar-refractivity contribution in [2.24, 2.45) is 5.92 Å². The Balaban J connectivity index is 2.13. The molecule has 148 valence electrons. The fourth-order valence-corrected chi connectivity index (χ4v) is 2.99. The van der Waals surface area contributed by atoms with Crippen LogP contribution in [0.2, 0.25) is 0 Å². The smallest absolute Gasteiger partial charge is 0.339 e. The van der Waals surface area contributed by atoms with Crippen molar-refractivity contribution in [2.45, 2.75) is 46.1 Å². The topological polar surface area (TPSA) is 102 Å². The molecule has 1 aromatic carbocycles. The maximum atomic E-state index is 12.3. The quantitative estimate of drug-likeness (QED) is 0.445. The number of rotatable bonds is 7. The van der Waals surface area contributed by atoms with Crippen LogP contribution in [0.5, 0.6) is 0 Å². The molecule has 1 heterocycles. The molecule has 1 fully saturated rings. The number of piperidine rings is 1. The Morgan fingerprint density at radius 3 is 2.63 bits per heavy atom. The lowest BCUT2D eigenvalue weighted by molar-refractivity contribution is -0.384. The first kappa shape index (κ1) is 20.7. The highest BCUT2D eigenvalue weighted by atomic mass is 16.6. The molecule has 0 unspecified atom stereocenters. The highest BCUT2D eigenvalue weighted by molar-refractivity contribution is 5.93. The van der Waals surface area contributed by atoms with Gasteiger partial charge in [0.1, 0.15) is 5.69 Å². The van der Waals surface area contributed by atoms with Gasteiger partial charge in [-0.05, 0) is 44.2 Å². The second-order valence-electron chi connectivity index (χ2n) is 6.97. The van der Waals surface area contributed by atoms with E-state index in [4.69, 9.17) is 4.74 Å². The number of carbonyl (C=O) groups is 2. The maximum Gasteiger partial charge on any atom is 0.339 e. The lowest BCUT2D eigenvalue weighted by Gasteiger charge is -2.31. The lowest BCUT2D eigenvalue weighted by Crippen LogP contribution is -2.36. The van der Waals surface area contributed by atoms with Crippen molar-refractivity contribution >= 4 is 23.3 Å². The molecule has 1 aliphatic rings. The average molecular weight is 377 g/mol. The summed E-state index contributed by atoms with van der Waals surface area (Å²) in [6.45, 7) is 7.56. The van der Waals surface area contributed by atoms with Crippen LogP contribution in [0.25, 0.3) is 0 Å². The molecule has 1 aromatic rings. The van der Waals surface area contributed by atoms with E-state index in [-0.39, 0.29) is 11.3 Å². The summed E-state index contributed by atoms with van der Waals surface area (Å²) in [6.07, 6.45) is 1.76. The SMILES string of the molecule is CCCNC(=O)[C@@H](C)OC(=O)c1ccc(N2CCC(C)CC2)c([N+](=O)[O-])c1. The van der Waals surface area contributed by atoms with Gasteiger partial charge < -0.3 is 15.0 Å². The van der Waals surface area contributed by atoms with Gasteiger partial charge in [-0.15, -0.1) is 0 Å². The van der Waals surface area contributed by atoms with E-state index in [0.717, 1.165) is 32.4 Å². The van der Waals surface area contributed by atoms with E-state index in [1.807, 2.05) is 11.8 Å². The predicted octanol–water partition coefficient (Wildman–Crippen LogP) is 2.90. The highest BCUT2D eigenvalue weighted by Crippen LogP contribution is 2.32. The molecule has 1 atom stereocenters. The van der Waals surface area contributed by atoms with Crippen molar-refractivity contribution in [3.8, 4) is 0 Å². The number of carbonyl (C=O) groups excluding carboxylic acids is 2. The fourth-order valence-electron chi connectivity index (χ4n) is 2.99. The van der Waals surface area contributed by atoms with Crippen LogP contribution in [0.15, 0.2) is 18.2 Å². The molecule has 0 bridgehead atoms. The van der Waals surface area contributed by atoms with Crippen molar-refractivity contribution in [3.05, 3.63) is 33.9 Å². The normalized spacial score (nSPS) is 15.9. The van der Waals surface area contributed by atoms with Crippen LogP contribution >= 0.6 is 0 Å². The van der Waals surface area contributed by atoms with E-state index in [0.29, 0.717) is 18.2 Å². The lowest BCUT2D eigenvalue weighted by atomic mass is 9.98. The Kier molecular flexibility index (Phi) is 7.15. The molecule has 1 N–H and O–H groups in total. The Bertz CT molecular complexity index is 699. The van der Waals surface area contributed by atoms with E-state index in [1.54, 1.807) is 6.07 Å².